The first-order chi connectivity index (χ1) is 11.9. The van der Waals surface area contributed by atoms with Crippen molar-refractivity contribution in [1.82, 2.24) is 0 Å². The maximum absolute atomic E-state index is 12.1. The predicted octanol–water partition coefficient (Wildman–Crippen LogP) is 2.92. The molecule has 7 nitrogen and oxygen atoms in total. The third kappa shape index (κ3) is 5.32. The van der Waals surface area contributed by atoms with Crippen LogP contribution in [0.25, 0.3) is 0 Å². The summed E-state index contributed by atoms with van der Waals surface area (Å²) in [5.41, 5.74) is 6.22. The summed E-state index contributed by atoms with van der Waals surface area (Å²) in [4.78, 5) is 34.1. The Bertz CT molecular complexity index is 792. The summed E-state index contributed by atoms with van der Waals surface area (Å²) < 4.78 is 5.24. The van der Waals surface area contributed by atoms with Crippen molar-refractivity contribution >= 4 is 29.3 Å². The molecule has 1 atom stereocenters. The van der Waals surface area contributed by atoms with Crippen LogP contribution >= 0.6 is 11.8 Å². The Balaban J connectivity index is 1.90. The molecule has 0 spiro atoms. The van der Waals surface area contributed by atoms with Gasteiger partial charge in [-0.3, -0.25) is 19.7 Å². The van der Waals surface area contributed by atoms with Gasteiger partial charge in [-0.05, 0) is 36.8 Å². The van der Waals surface area contributed by atoms with Crippen LogP contribution in [0.3, 0.4) is 0 Å². The SMILES string of the molecule is CC(Sc1ccc([N+](=O)[O-])cc1)C(=O)OCc1cccc(C(N)=O)c1. The number of nitrogens with zero attached hydrogens (tertiary/aromatic N) is 1. The van der Waals surface area contributed by atoms with Crippen molar-refractivity contribution in [3.05, 3.63) is 69.8 Å². The molecule has 1 unspecified atom stereocenters. The fourth-order valence-electron chi connectivity index (χ4n) is 1.98. The van der Waals surface area contributed by atoms with E-state index < -0.39 is 22.0 Å². The van der Waals surface area contributed by atoms with E-state index in [1.807, 2.05) is 0 Å². The van der Waals surface area contributed by atoms with E-state index in [2.05, 4.69) is 0 Å². The van der Waals surface area contributed by atoms with E-state index >= 15 is 0 Å². The predicted molar refractivity (Wildman–Crippen MR) is 93.2 cm³/mol. The summed E-state index contributed by atoms with van der Waals surface area (Å²) in [6.07, 6.45) is 0. The van der Waals surface area contributed by atoms with Crippen LogP contribution in [0.2, 0.25) is 0 Å². The molecule has 1 amide bonds. The van der Waals surface area contributed by atoms with Crippen LogP contribution in [-0.4, -0.2) is 22.0 Å². The van der Waals surface area contributed by atoms with Gasteiger partial charge in [0.1, 0.15) is 11.9 Å². The van der Waals surface area contributed by atoms with E-state index in [0.29, 0.717) is 11.1 Å². The number of hydrogen-bond acceptors (Lipinski definition) is 6. The summed E-state index contributed by atoms with van der Waals surface area (Å²) >= 11 is 1.24. The van der Waals surface area contributed by atoms with Gasteiger partial charge in [-0.25, -0.2) is 0 Å². The van der Waals surface area contributed by atoms with Crippen molar-refractivity contribution < 1.29 is 19.2 Å². The molecule has 2 aromatic rings. The molecule has 8 heteroatoms. The molecule has 0 aliphatic heterocycles. The number of thioether (sulfide) groups is 1. The molecule has 25 heavy (non-hydrogen) atoms. The largest absolute Gasteiger partial charge is 0.460 e. The standard InChI is InChI=1S/C17H16N2O5S/c1-11(25-15-7-5-14(6-8-15)19(22)23)17(21)24-10-12-3-2-4-13(9-12)16(18)20/h2-9,11H,10H2,1H3,(H2,18,20). The highest BCUT2D eigenvalue weighted by Crippen LogP contribution is 2.26. The highest BCUT2D eigenvalue weighted by molar-refractivity contribution is 8.00. The fourth-order valence-corrected chi connectivity index (χ4v) is 2.85. The average molecular weight is 360 g/mol. The smallest absolute Gasteiger partial charge is 0.319 e. The number of non-ortho nitro benzene ring substituents is 1. The minimum absolute atomic E-state index is 0.00564. The lowest BCUT2D eigenvalue weighted by atomic mass is 10.1. The number of esters is 1. The van der Waals surface area contributed by atoms with Gasteiger partial charge in [0.25, 0.3) is 5.69 Å². The van der Waals surface area contributed by atoms with Crippen LogP contribution in [-0.2, 0) is 16.1 Å². The number of rotatable bonds is 7. The minimum Gasteiger partial charge on any atom is -0.460 e. The third-order valence-electron chi connectivity index (χ3n) is 3.28. The number of benzene rings is 2. The lowest BCUT2D eigenvalue weighted by Crippen LogP contribution is -2.17. The summed E-state index contributed by atoms with van der Waals surface area (Å²) in [6.45, 7) is 1.72. The van der Waals surface area contributed by atoms with Crippen LogP contribution in [0.15, 0.2) is 53.4 Å². The molecule has 2 N–H and O–H groups in total. The molecule has 0 aliphatic rings. The fraction of sp³-hybridized carbons (Fsp3) is 0.176. The lowest BCUT2D eigenvalue weighted by molar-refractivity contribution is -0.384. The zero-order valence-corrected chi connectivity index (χ0v) is 14.2. The molecule has 130 valence electrons. The van der Waals surface area contributed by atoms with Gasteiger partial charge < -0.3 is 10.5 Å². The first-order valence-corrected chi connectivity index (χ1v) is 8.21. The molecular formula is C17H16N2O5S. The van der Waals surface area contributed by atoms with Gasteiger partial charge in [0.2, 0.25) is 5.91 Å². The maximum Gasteiger partial charge on any atom is 0.319 e. The second-order valence-electron chi connectivity index (χ2n) is 5.18. The van der Waals surface area contributed by atoms with Gasteiger partial charge in [-0.15, -0.1) is 11.8 Å². The summed E-state index contributed by atoms with van der Waals surface area (Å²) in [5.74, 6) is -0.969. The minimum atomic E-state index is -0.546. The van der Waals surface area contributed by atoms with Gasteiger partial charge in [-0.2, -0.15) is 0 Å². The summed E-state index contributed by atoms with van der Waals surface area (Å²) in [5, 5.41) is 10.1. The van der Waals surface area contributed by atoms with Gasteiger partial charge in [0, 0.05) is 22.6 Å². The molecule has 2 aromatic carbocycles. The van der Waals surface area contributed by atoms with E-state index in [1.54, 1.807) is 43.3 Å². The summed E-state index contributed by atoms with van der Waals surface area (Å²) in [7, 11) is 0. The van der Waals surface area contributed by atoms with Gasteiger partial charge in [-0.1, -0.05) is 12.1 Å². The molecule has 0 bridgehead atoms. The number of ether oxygens (including phenoxy) is 1. The maximum atomic E-state index is 12.1. The van der Waals surface area contributed by atoms with Gasteiger partial charge >= 0.3 is 5.97 Å². The van der Waals surface area contributed by atoms with E-state index in [1.165, 1.54) is 23.9 Å². The number of carbonyl (C=O) groups excluding carboxylic acids is 2. The zero-order valence-electron chi connectivity index (χ0n) is 13.4. The highest BCUT2D eigenvalue weighted by atomic mass is 32.2. The molecule has 0 saturated heterocycles. The third-order valence-corrected chi connectivity index (χ3v) is 4.38. The van der Waals surface area contributed by atoms with Crippen molar-refractivity contribution in [3.63, 3.8) is 0 Å². The lowest BCUT2D eigenvalue weighted by Gasteiger charge is -2.11. The van der Waals surface area contributed by atoms with Crippen LogP contribution in [0.4, 0.5) is 5.69 Å². The average Bonchev–Trinajstić information content (AvgIpc) is 2.60. The number of nitro groups is 1. The molecule has 0 aliphatic carbocycles. The zero-order chi connectivity index (χ0) is 18.4. The van der Waals surface area contributed by atoms with Gasteiger partial charge in [0.05, 0.1) is 4.92 Å². The summed E-state index contributed by atoms with van der Waals surface area (Å²) in [6, 6.07) is 12.5. The molecule has 0 radical (unpaired) electrons. The Morgan fingerprint density at radius 2 is 1.92 bits per heavy atom. The second-order valence-corrected chi connectivity index (χ2v) is 6.60. The van der Waals surface area contributed by atoms with Crippen molar-refractivity contribution in [2.75, 3.05) is 0 Å². The van der Waals surface area contributed by atoms with Crippen LogP contribution < -0.4 is 5.73 Å². The number of hydrogen-bond donors (Lipinski definition) is 1. The first-order valence-electron chi connectivity index (χ1n) is 7.33. The van der Waals surface area contributed by atoms with E-state index in [0.717, 1.165) is 4.90 Å². The number of carbonyl (C=O) groups is 2. The number of nitro benzene ring substituents is 1. The van der Waals surface area contributed by atoms with Crippen molar-refractivity contribution in [1.29, 1.82) is 0 Å². The van der Waals surface area contributed by atoms with Crippen molar-refractivity contribution in [2.24, 2.45) is 5.73 Å². The van der Waals surface area contributed by atoms with E-state index in [-0.39, 0.29) is 12.3 Å². The Morgan fingerprint density at radius 1 is 1.24 bits per heavy atom. The van der Waals surface area contributed by atoms with Crippen molar-refractivity contribution in [3.8, 4) is 0 Å². The van der Waals surface area contributed by atoms with Gasteiger partial charge in [0.15, 0.2) is 0 Å². The molecule has 0 fully saturated rings. The molecule has 0 heterocycles. The van der Waals surface area contributed by atoms with Crippen LogP contribution in [0.1, 0.15) is 22.8 Å². The molecule has 0 saturated carbocycles. The monoisotopic (exact) mass is 360 g/mol. The Morgan fingerprint density at radius 3 is 2.52 bits per heavy atom. The number of primary amides is 1. The number of nitrogens with two attached hydrogens (primary N) is 1. The first kappa shape index (κ1) is 18.5. The number of amides is 1. The Kier molecular flexibility index (Phi) is 6.13. The normalized spacial score (nSPS) is 11.6. The molecule has 0 aromatic heterocycles. The quantitative estimate of drug-likeness (QED) is 0.351. The van der Waals surface area contributed by atoms with Crippen molar-refractivity contribution in [2.45, 2.75) is 23.7 Å². The molecular weight excluding hydrogens is 344 g/mol. The van der Waals surface area contributed by atoms with Crippen LogP contribution in [0.5, 0.6) is 0 Å². The van der Waals surface area contributed by atoms with Crippen LogP contribution in [0, 0.1) is 10.1 Å². The topological polar surface area (TPSA) is 113 Å². The highest BCUT2D eigenvalue weighted by Gasteiger charge is 2.17. The molecule has 2 rings (SSSR count). The Labute approximate surface area is 148 Å². The van der Waals surface area contributed by atoms with E-state index in [9.17, 15) is 19.7 Å². The Hall–Kier alpha value is -2.87. The van der Waals surface area contributed by atoms with E-state index in [4.69, 9.17) is 10.5 Å². The second kappa shape index (κ2) is 8.29.